The molecule has 2 heterocycles. The van der Waals surface area contributed by atoms with Crippen molar-refractivity contribution >= 4 is 17.6 Å². The van der Waals surface area contributed by atoms with E-state index in [4.69, 9.17) is 0 Å². The van der Waals surface area contributed by atoms with Crippen LogP contribution < -0.4 is 0 Å². The van der Waals surface area contributed by atoms with Crippen molar-refractivity contribution in [3.8, 4) is 11.3 Å². The van der Waals surface area contributed by atoms with Crippen molar-refractivity contribution in [1.29, 1.82) is 0 Å². The molecule has 0 atom stereocenters. The molecule has 0 N–H and O–H groups in total. The molecule has 82 valence electrons. The van der Waals surface area contributed by atoms with E-state index in [0.717, 1.165) is 16.3 Å². The lowest BCUT2D eigenvalue weighted by atomic mass is 10.2. The van der Waals surface area contributed by atoms with Gasteiger partial charge >= 0.3 is 6.09 Å². The zero-order valence-corrected chi connectivity index (χ0v) is 9.35. The van der Waals surface area contributed by atoms with Crippen LogP contribution in [0.15, 0.2) is 35.7 Å². The molecular weight excluding hydrogens is 226 g/mol. The number of benzene rings is 1. The molecule has 1 aliphatic heterocycles. The first-order valence-corrected chi connectivity index (χ1v) is 5.39. The Morgan fingerprint density at radius 2 is 1.94 bits per heavy atom. The fourth-order valence-electron chi connectivity index (χ4n) is 0.996. The summed E-state index contributed by atoms with van der Waals surface area (Å²) in [6.07, 6.45) is -0.245. The van der Waals surface area contributed by atoms with Gasteiger partial charge in [-0.3, -0.25) is 0 Å². The zero-order chi connectivity index (χ0) is 11.4. The lowest BCUT2D eigenvalue weighted by Gasteiger charge is -1.90. The van der Waals surface area contributed by atoms with Gasteiger partial charge in [0.2, 0.25) is 0 Å². The Morgan fingerprint density at radius 3 is 2.38 bits per heavy atom. The van der Waals surface area contributed by atoms with Crippen molar-refractivity contribution in [2.75, 3.05) is 7.05 Å². The van der Waals surface area contributed by atoms with Crippen molar-refractivity contribution in [1.82, 2.24) is 14.7 Å². The number of amides is 1. The van der Waals surface area contributed by atoms with Gasteiger partial charge in [0.15, 0.2) is 0 Å². The van der Waals surface area contributed by atoms with E-state index in [0.29, 0.717) is 0 Å². The highest BCUT2D eigenvalue weighted by atomic mass is 32.1. The van der Waals surface area contributed by atoms with Crippen molar-refractivity contribution < 1.29 is 9.63 Å². The number of hydrogen-bond acceptors (Lipinski definition) is 5. The van der Waals surface area contributed by atoms with Gasteiger partial charge in [0.05, 0.1) is 7.05 Å². The van der Waals surface area contributed by atoms with Gasteiger partial charge in [-0.1, -0.05) is 34.8 Å². The monoisotopic (exact) mass is 235 g/mol. The molecule has 1 aromatic carbocycles. The topological polar surface area (TPSA) is 58.4 Å². The molecule has 1 amide bonds. The first kappa shape index (κ1) is 10.6. The number of nitrogens with zero attached hydrogens (tertiary/aromatic N) is 3. The Morgan fingerprint density at radius 1 is 1.31 bits per heavy atom. The average molecular weight is 235 g/mol. The maximum atomic E-state index is 9.59. The molecule has 0 radical (unpaired) electrons. The molecule has 0 aliphatic carbocycles. The largest absolute Gasteiger partial charge is 0.467 e. The van der Waals surface area contributed by atoms with Crippen LogP contribution in [-0.4, -0.2) is 27.8 Å². The van der Waals surface area contributed by atoms with Crippen molar-refractivity contribution in [2.24, 2.45) is 0 Å². The summed E-state index contributed by atoms with van der Waals surface area (Å²) in [5, 5.41) is 7.05. The van der Waals surface area contributed by atoms with E-state index in [1.165, 1.54) is 11.5 Å². The zero-order valence-electron chi connectivity index (χ0n) is 8.53. The number of aromatic nitrogens is 2. The van der Waals surface area contributed by atoms with Crippen molar-refractivity contribution in [2.45, 2.75) is 0 Å². The molecule has 0 spiro atoms. The van der Waals surface area contributed by atoms with Crippen LogP contribution >= 0.6 is 11.5 Å². The summed E-state index contributed by atoms with van der Waals surface area (Å²) in [5.74, 6) is 0. The minimum Gasteiger partial charge on any atom is -0.314 e. The van der Waals surface area contributed by atoms with Crippen LogP contribution in [0.25, 0.3) is 11.3 Å². The van der Waals surface area contributed by atoms with E-state index < -0.39 is 0 Å². The summed E-state index contributed by atoms with van der Waals surface area (Å²) in [5.41, 5.74) is 2.08. The van der Waals surface area contributed by atoms with E-state index in [-0.39, 0.29) is 6.09 Å². The number of hydroxylamine groups is 2. The molecule has 1 saturated heterocycles. The highest BCUT2D eigenvalue weighted by molar-refractivity contribution is 7.03. The van der Waals surface area contributed by atoms with Gasteiger partial charge < -0.3 is 4.84 Å². The maximum Gasteiger partial charge on any atom is 0.467 e. The van der Waals surface area contributed by atoms with Crippen molar-refractivity contribution in [3.05, 3.63) is 35.7 Å². The molecule has 1 fully saturated rings. The fraction of sp³-hybridized carbons (Fsp3) is 0.100. The molecule has 16 heavy (non-hydrogen) atoms. The second-order valence-electron chi connectivity index (χ2n) is 3.01. The summed E-state index contributed by atoms with van der Waals surface area (Å²) in [6, 6.07) is 10.0. The van der Waals surface area contributed by atoms with E-state index in [2.05, 4.69) is 14.4 Å². The second-order valence-corrected chi connectivity index (χ2v) is 3.62. The van der Waals surface area contributed by atoms with Crippen LogP contribution in [0.4, 0.5) is 4.79 Å². The number of hydrogen-bond donors (Lipinski definition) is 0. The quantitative estimate of drug-likeness (QED) is 0.711. The van der Waals surface area contributed by atoms with Gasteiger partial charge in [0.1, 0.15) is 5.69 Å². The molecule has 1 aromatic heterocycles. The molecule has 6 heteroatoms. The van der Waals surface area contributed by atoms with E-state index in [9.17, 15) is 4.79 Å². The van der Waals surface area contributed by atoms with Gasteiger partial charge in [-0.15, -0.1) is 10.2 Å². The molecule has 0 bridgehead atoms. The van der Waals surface area contributed by atoms with Gasteiger partial charge in [-0.2, -0.15) is 0 Å². The van der Waals surface area contributed by atoms with Gasteiger partial charge in [-0.05, 0) is 11.5 Å². The van der Waals surface area contributed by atoms with E-state index in [1.807, 2.05) is 35.7 Å². The van der Waals surface area contributed by atoms with Crippen LogP contribution in [0.5, 0.6) is 0 Å². The SMILES string of the molecule is CN1OC1=O.c1ccc(-c2csnn2)cc1. The summed E-state index contributed by atoms with van der Waals surface area (Å²) < 4.78 is 3.79. The lowest BCUT2D eigenvalue weighted by Crippen LogP contribution is -1.78. The highest BCUT2D eigenvalue weighted by Gasteiger charge is 2.28. The number of carbonyl (C=O) groups is 1. The molecule has 2 aromatic rings. The highest BCUT2D eigenvalue weighted by Crippen LogP contribution is 2.15. The minimum absolute atomic E-state index is 0.245. The Hall–Kier alpha value is -1.95. The molecule has 3 rings (SSSR count). The van der Waals surface area contributed by atoms with Gasteiger partial charge in [0, 0.05) is 10.9 Å². The van der Waals surface area contributed by atoms with Gasteiger partial charge in [0.25, 0.3) is 0 Å². The summed E-state index contributed by atoms with van der Waals surface area (Å²) in [7, 11) is 1.56. The van der Waals surface area contributed by atoms with Gasteiger partial charge in [-0.25, -0.2) is 4.79 Å². The fourth-order valence-corrected chi connectivity index (χ4v) is 1.46. The third-order valence-electron chi connectivity index (χ3n) is 1.87. The van der Waals surface area contributed by atoms with Crippen LogP contribution in [0.2, 0.25) is 0 Å². The molecular formula is C10H9N3O2S. The number of carbonyl (C=O) groups excluding carboxylic acids is 1. The first-order chi connectivity index (χ1) is 7.77. The molecule has 1 aliphatic rings. The first-order valence-electron chi connectivity index (χ1n) is 4.55. The van der Waals surface area contributed by atoms with E-state index >= 15 is 0 Å². The van der Waals surface area contributed by atoms with Crippen molar-refractivity contribution in [3.63, 3.8) is 0 Å². The molecule has 0 saturated carbocycles. The Kier molecular flexibility index (Phi) is 3.11. The summed E-state index contributed by atoms with van der Waals surface area (Å²) in [6.45, 7) is 0. The van der Waals surface area contributed by atoms with Crippen LogP contribution in [0.1, 0.15) is 0 Å². The maximum absolute atomic E-state index is 9.59. The molecule has 0 unspecified atom stereocenters. The summed E-state index contributed by atoms with van der Waals surface area (Å²) >= 11 is 1.37. The average Bonchev–Trinajstić information content (AvgIpc) is 2.82. The normalized spacial score (nSPS) is 12.6. The number of rotatable bonds is 1. The van der Waals surface area contributed by atoms with Crippen LogP contribution in [0, 0.1) is 0 Å². The van der Waals surface area contributed by atoms with E-state index in [1.54, 1.807) is 7.05 Å². The van der Waals surface area contributed by atoms with Crippen LogP contribution in [0.3, 0.4) is 0 Å². The third-order valence-corrected chi connectivity index (χ3v) is 2.37. The standard InChI is InChI=1S/C8H6N2S.C2H3NO2/c1-2-4-7(5-3-1)8-6-11-10-9-8;1-3-2(4)5-3/h1-6H;1H3. The summed E-state index contributed by atoms with van der Waals surface area (Å²) in [4.78, 5) is 13.7. The minimum atomic E-state index is -0.245. The predicted octanol–water partition coefficient (Wildman–Crippen LogP) is 2.19. The third kappa shape index (κ3) is 2.77. The Labute approximate surface area is 96.4 Å². The Bertz CT molecular complexity index is 458. The second kappa shape index (κ2) is 4.71. The molecule has 5 nitrogen and oxygen atoms in total. The lowest BCUT2D eigenvalue weighted by molar-refractivity contribution is 0.227. The smallest absolute Gasteiger partial charge is 0.314 e. The van der Waals surface area contributed by atoms with Crippen LogP contribution in [-0.2, 0) is 4.84 Å². The predicted molar refractivity (Wildman–Crippen MR) is 59.6 cm³/mol. The Balaban J connectivity index is 0.000000162.